The van der Waals surface area contributed by atoms with Crippen LogP contribution >= 0.6 is 11.3 Å². The van der Waals surface area contributed by atoms with E-state index in [1.165, 1.54) is 0 Å². The third-order valence-corrected chi connectivity index (χ3v) is 3.28. The quantitative estimate of drug-likeness (QED) is 0.657. The van der Waals surface area contributed by atoms with Crippen molar-refractivity contribution in [3.05, 3.63) is 33.5 Å². The van der Waals surface area contributed by atoms with E-state index in [1.54, 1.807) is 11.3 Å². The zero-order valence-corrected chi connectivity index (χ0v) is 8.49. The predicted molar refractivity (Wildman–Crippen MR) is 55.3 cm³/mol. The number of carbonyl (C=O) groups is 1. The summed E-state index contributed by atoms with van der Waals surface area (Å²) in [5.41, 5.74) is 1.92. The number of hydrogen-bond donors (Lipinski definition) is 0. The molecule has 1 aromatic rings. The third-order valence-electron chi connectivity index (χ3n) is 2.44. The Kier molecular flexibility index (Phi) is 2.32. The van der Waals surface area contributed by atoms with Gasteiger partial charge in [-0.2, -0.15) is 0 Å². The van der Waals surface area contributed by atoms with Crippen LogP contribution in [0.5, 0.6) is 0 Å². The Morgan fingerprint density at radius 3 is 2.92 bits per heavy atom. The molecule has 0 aliphatic heterocycles. The van der Waals surface area contributed by atoms with Crippen molar-refractivity contribution >= 4 is 17.1 Å². The molecular weight excluding hydrogens is 180 g/mol. The van der Waals surface area contributed by atoms with Crippen LogP contribution in [0.15, 0.2) is 23.1 Å². The van der Waals surface area contributed by atoms with Crippen LogP contribution in [0.1, 0.15) is 34.5 Å². The lowest BCUT2D eigenvalue weighted by molar-refractivity contribution is 0.103. The molecule has 1 aromatic heterocycles. The maximum absolute atomic E-state index is 11.9. The lowest BCUT2D eigenvalue weighted by Crippen LogP contribution is -2.01. The normalized spacial score (nSPS) is 15.9. The first-order valence-corrected chi connectivity index (χ1v) is 5.45. The van der Waals surface area contributed by atoms with Gasteiger partial charge in [0.15, 0.2) is 5.78 Å². The highest BCUT2D eigenvalue weighted by Gasteiger charge is 2.17. The number of thiophene rings is 1. The van der Waals surface area contributed by atoms with Gasteiger partial charge in [0, 0.05) is 10.4 Å². The van der Waals surface area contributed by atoms with E-state index < -0.39 is 0 Å². The van der Waals surface area contributed by atoms with Crippen LogP contribution in [0, 0.1) is 6.92 Å². The van der Waals surface area contributed by atoms with E-state index >= 15 is 0 Å². The largest absolute Gasteiger partial charge is 0.289 e. The van der Waals surface area contributed by atoms with Crippen LogP contribution in [0.4, 0.5) is 0 Å². The molecular formula is C11H12OS. The maximum Gasteiger partial charge on any atom is 0.189 e. The van der Waals surface area contributed by atoms with Gasteiger partial charge >= 0.3 is 0 Å². The SMILES string of the molecule is Cc1sccc1C(=O)C1=CCCC1. The molecule has 13 heavy (non-hydrogen) atoms. The van der Waals surface area contributed by atoms with Crippen molar-refractivity contribution in [2.75, 3.05) is 0 Å². The van der Waals surface area contributed by atoms with Crippen molar-refractivity contribution in [1.29, 1.82) is 0 Å². The average molecular weight is 192 g/mol. The zero-order chi connectivity index (χ0) is 9.26. The molecule has 2 heteroatoms. The Labute approximate surface area is 82.1 Å². The van der Waals surface area contributed by atoms with Crippen LogP contribution in [0.25, 0.3) is 0 Å². The molecule has 1 heterocycles. The second-order valence-electron chi connectivity index (χ2n) is 3.34. The van der Waals surface area contributed by atoms with Gasteiger partial charge in [0.2, 0.25) is 0 Å². The van der Waals surface area contributed by atoms with Crippen molar-refractivity contribution in [3.63, 3.8) is 0 Å². The first kappa shape index (κ1) is 8.70. The van der Waals surface area contributed by atoms with Crippen LogP contribution in [0.3, 0.4) is 0 Å². The molecule has 0 unspecified atom stereocenters. The van der Waals surface area contributed by atoms with Crippen LogP contribution in [-0.2, 0) is 0 Å². The highest BCUT2D eigenvalue weighted by molar-refractivity contribution is 7.10. The number of Topliss-reactive ketones (excluding diaryl/α,β-unsaturated/α-hetero) is 1. The molecule has 68 valence electrons. The van der Waals surface area contributed by atoms with Crippen LogP contribution in [-0.4, -0.2) is 5.78 Å². The van der Waals surface area contributed by atoms with Gasteiger partial charge in [-0.05, 0) is 43.2 Å². The Balaban J connectivity index is 2.27. The van der Waals surface area contributed by atoms with E-state index in [9.17, 15) is 4.79 Å². The summed E-state index contributed by atoms with van der Waals surface area (Å²) in [6.45, 7) is 2.01. The fourth-order valence-corrected chi connectivity index (χ4v) is 2.37. The van der Waals surface area contributed by atoms with Crippen molar-refractivity contribution < 1.29 is 4.79 Å². The summed E-state index contributed by atoms with van der Waals surface area (Å²) in [4.78, 5) is 13.0. The zero-order valence-electron chi connectivity index (χ0n) is 7.67. The standard InChI is InChI=1S/C11H12OS/c1-8-10(6-7-13-8)11(12)9-4-2-3-5-9/h4,6-7H,2-3,5H2,1H3. The number of hydrogen-bond acceptors (Lipinski definition) is 2. The summed E-state index contributed by atoms with van der Waals surface area (Å²) in [7, 11) is 0. The van der Waals surface area contributed by atoms with Gasteiger partial charge < -0.3 is 0 Å². The second-order valence-corrected chi connectivity index (χ2v) is 4.46. The van der Waals surface area contributed by atoms with E-state index in [0.717, 1.165) is 35.3 Å². The van der Waals surface area contributed by atoms with Crippen LogP contribution < -0.4 is 0 Å². The van der Waals surface area contributed by atoms with Crippen molar-refractivity contribution in [1.82, 2.24) is 0 Å². The van der Waals surface area contributed by atoms with Gasteiger partial charge in [-0.15, -0.1) is 11.3 Å². The van der Waals surface area contributed by atoms with Gasteiger partial charge in [0.1, 0.15) is 0 Å². The van der Waals surface area contributed by atoms with Gasteiger partial charge in [-0.1, -0.05) is 6.08 Å². The first-order chi connectivity index (χ1) is 6.29. The minimum atomic E-state index is 0.247. The molecule has 0 radical (unpaired) electrons. The molecule has 0 amide bonds. The number of allylic oxidation sites excluding steroid dienone is 2. The Morgan fingerprint density at radius 2 is 2.38 bits per heavy atom. The molecule has 0 N–H and O–H groups in total. The molecule has 2 rings (SSSR count). The highest BCUT2D eigenvalue weighted by atomic mass is 32.1. The van der Waals surface area contributed by atoms with E-state index in [-0.39, 0.29) is 5.78 Å². The molecule has 0 saturated carbocycles. The average Bonchev–Trinajstić information content (AvgIpc) is 2.72. The second kappa shape index (κ2) is 3.46. The topological polar surface area (TPSA) is 17.1 Å². The molecule has 0 fully saturated rings. The van der Waals surface area contributed by atoms with Crippen molar-refractivity contribution in [2.45, 2.75) is 26.2 Å². The van der Waals surface area contributed by atoms with Gasteiger partial charge in [-0.25, -0.2) is 0 Å². The van der Waals surface area contributed by atoms with Gasteiger partial charge in [0.25, 0.3) is 0 Å². The van der Waals surface area contributed by atoms with E-state index in [1.807, 2.05) is 18.4 Å². The fourth-order valence-electron chi connectivity index (χ4n) is 1.67. The molecule has 1 aliphatic rings. The maximum atomic E-state index is 11.9. The highest BCUT2D eigenvalue weighted by Crippen LogP contribution is 2.25. The summed E-state index contributed by atoms with van der Waals surface area (Å²) in [5, 5.41) is 1.98. The Bertz CT molecular complexity index is 360. The molecule has 0 saturated heterocycles. The number of carbonyl (C=O) groups excluding carboxylic acids is 1. The van der Waals surface area contributed by atoms with E-state index in [0.29, 0.717) is 0 Å². The summed E-state index contributed by atoms with van der Waals surface area (Å²) in [5.74, 6) is 0.247. The first-order valence-electron chi connectivity index (χ1n) is 4.57. The molecule has 0 aromatic carbocycles. The summed E-state index contributed by atoms with van der Waals surface area (Å²) in [6.07, 6.45) is 5.27. The Hall–Kier alpha value is -0.890. The van der Waals surface area contributed by atoms with Crippen molar-refractivity contribution in [3.8, 4) is 0 Å². The molecule has 0 atom stereocenters. The Morgan fingerprint density at radius 1 is 1.54 bits per heavy atom. The molecule has 0 spiro atoms. The van der Waals surface area contributed by atoms with E-state index in [4.69, 9.17) is 0 Å². The molecule has 1 aliphatic carbocycles. The van der Waals surface area contributed by atoms with Gasteiger partial charge in [-0.3, -0.25) is 4.79 Å². The number of rotatable bonds is 2. The minimum absolute atomic E-state index is 0.247. The minimum Gasteiger partial charge on any atom is -0.289 e. The summed E-state index contributed by atoms with van der Waals surface area (Å²) in [6, 6.07) is 1.93. The molecule has 1 nitrogen and oxygen atoms in total. The molecule has 0 bridgehead atoms. The fraction of sp³-hybridized carbons (Fsp3) is 0.364. The third kappa shape index (κ3) is 1.59. The van der Waals surface area contributed by atoms with Gasteiger partial charge in [0.05, 0.1) is 0 Å². The summed E-state index contributed by atoms with van der Waals surface area (Å²) < 4.78 is 0. The lowest BCUT2D eigenvalue weighted by atomic mass is 10.0. The number of aryl methyl sites for hydroxylation is 1. The smallest absolute Gasteiger partial charge is 0.189 e. The summed E-state index contributed by atoms with van der Waals surface area (Å²) >= 11 is 1.64. The monoisotopic (exact) mass is 192 g/mol. The van der Waals surface area contributed by atoms with Crippen molar-refractivity contribution in [2.24, 2.45) is 0 Å². The van der Waals surface area contributed by atoms with E-state index in [2.05, 4.69) is 6.08 Å². The predicted octanol–water partition coefficient (Wildman–Crippen LogP) is 3.35. The lowest BCUT2D eigenvalue weighted by Gasteiger charge is -1.99. The van der Waals surface area contributed by atoms with Crippen LogP contribution in [0.2, 0.25) is 0 Å². The number of ketones is 1.